The second kappa shape index (κ2) is 7.77. The van der Waals surface area contributed by atoms with Crippen LogP contribution in [-0.4, -0.2) is 25.7 Å². The average molecular weight is 458 g/mol. The first-order valence-electron chi connectivity index (χ1n) is 11.6. The Morgan fingerprint density at radius 2 is 1.34 bits per heavy atom. The lowest BCUT2D eigenvalue weighted by Crippen LogP contribution is -2.03. The predicted molar refractivity (Wildman–Crippen MR) is 138 cm³/mol. The number of hydrogen-bond acceptors (Lipinski definition) is 3. The number of para-hydroxylation sites is 1. The zero-order chi connectivity index (χ0) is 24.3. The number of benzene rings is 3. The van der Waals surface area contributed by atoms with Crippen molar-refractivity contribution in [3.05, 3.63) is 112 Å². The summed E-state index contributed by atoms with van der Waals surface area (Å²) < 4.78 is 4.06. The summed E-state index contributed by atoms with van der Waals surface area (Å²) in [4.78, 5) is 31.5. The molecule has 170 valence electrons. The summed E-state index contributed by atoms with van der Waals surface area (Å²) in [6.45, 7) is 3.91. The largest absolute Gasteiger partial charge is 0.326 e. The summed E-state index contributed by atoms with van der Waals surface area (Å²) in [5.41, 5.74) is 7.52. The molecule has 0 atom stereocenters. The Morgan fingerprint density at radius 1 is 0.771 bits per heavy atom. The van der Waals surface area contributed by atoms with E-state index in [1.54, 1.807) is 6.08 Å². The Labute approximate surface area is 203 Å². The van der Waals surface area contributed by atoms with E-state index in [9.17, 15) is 9.59 Å². The number of fused-ring (bicyclic) bond motifs is 2. The van der Waals surface area contributed by atoms with E-state index in [4.69, 9.17) is 4.98 Å². The van der Waals surface area contributed by atoms with Crippen molar-refractivity contribution in [2.75, 3.05) is 0 Å². The molecule has 0 bridgehead atoms. The minimum Gasteiger partial charge on any atom is -0.326 e. The molecule has 1 aliphatic rings. The lowest BCUT2D eigenvalue weighted by atomic mass is 10.0. The standard InChI is InChI=1S/C30H23N3O2/c1-18-14-23-24(15-19(18)2)28(35)25(27(23)34)16-22-17-26-30(33(22)21-12-8-5-9-13-21)31-29(32(26)3)20-10-6-4-7-11-20/h4-17H,1-3H3. The van der Waals surface area contributed by atoms with Crippen LogP contribution in [-0.2, 0) is 7.05 Å². The molecule has 0 saturated carbocycles. The van der Waals surface area contributed by atoms with Gasteiger partial charge in [-0.15, -0.1) is 0 Å². The van der Waals surface area contributed by atoms with E-state index >= 15 is 0 Å². The van der Waals surface area contributed by atoms with Gasteiger partial charge in [-0.25, -0.2) is 4.98 Å². The molecule has 3 aromatic carbocycles. The molecule has 0 N–H and O–H groups in total. The molecule has 6 rings (SSSR count). The first kappa shape index (κ1) is 21.1. The summed E-state index contributed by atoms with van der Waals surface area (Å²) in [5, 5.41) is 0. The summed E-state index contributed by atoms with van der Waals surface area (Å²) in [5.74, 6) is 0.401. The number of imidazole rings is 1. The van der Waals surface area contributed by atoms with Crippen LogP contribution in [0.3, 0.4) is 0 Å². The number of ketones is 2. The normalized spacial score (nSPS) is 13.1. The molecule has 0 amide bonds. The van der Waals surface area contributed by atoms with Crippen LogP contribution in [0.15, 0.2) is 84.4 Å². The van der Waals surface area contributed by atoms with Gasteiger partial charge in [0.1, 0.15) is 5.82 Å². The van der Waals surface area contributed by atoms with Gasteiger partial charge in [-0.05, 0) is 61.4 Å². The quantitative estimate of drug-likeness (QED) is 0.243. The number of hydrogen-bond donors (Lipinski definition) is 0. The maximum atomic E-state index is 13.3. The second-order valence-corrected chi connectivity index (χ2v) is 9.01. The zero-order valence-corrected chi connectivity index (χ0v) is 19.7. The van der Waals surface area contributed by atoms with Crippen LogP contribution in [0.5, 0.6) is 0 Å². The number of aryl methyl sites for hydroxylation is 3. The van der Waals surface area contributed by atoms with E-state index in [1.165, 1.54) is 0 Å². The van der Waals surface area contributed by atoms with Gasteiger partial charge >= 0.3 is 0 Å². The van der Waals surface area contributed by atoms with Crippen LogP contribution in [0.2, 0.25) is 0 Å². The maximum Gasteiger partial charge on any atom is 0.197 e. The van der Waals surface area contributed by atoms with Gasteiger partial charge in [-0.2, -0.15) is 0 Å². The fourth-order valence-corrected chi connectivity index (χ4v) is 4.81. The zero-order valence-electron chi connectivity index (χ0n) is 19.7. The molecule has 5 nitrogen and oxygen atoms in total. The van der Waals surface area contributed by atoms with Gasteiger partial charge in [0.05, 0.1) is 16.8 Å². The summed E-state index contributed by atoms with van der Waals surface area (Å²) in [7, 11) is 1.98. The Morgan fingerprint density at radius 3 is 1.94 bits per heavy atom. The minimum absolute atomic E-state index is 0.188. The van der Waals surface area contributed by atoms with Crippen LogP contribution in [0, 0.1) is 13.8 Å². The van der Waals surface area contributed by atoms with Crippen molar-refractivity contribution in [3.8, 4) is 17.1 Å². The molecule has 5 aromatic rings. The highest BCUT2D eigenvalue weighted by Gasteiger charge is 2.34. The van der Waals surface area contributed by atoms with Gasteiger partial charge in [0.15, 0.2) is 17.2 Å². The van der Waals surface area contributed by atoms with Crippen molar-refractivity contribution < 1.29 is 9.59 Å². The molecule has 2 heterocycles. The predicted octanol–water partition coefficient (Wildman–Crippen LogP) is 6.11. The molecule has 0 aliphatic heterocycles. The molecule has 0 saturated heterocycles. The molecule has 0 radical (unpaired) electrons. The van der Waals surface area contributed by atoms with Crippen LogP contribution >= 0.6 is 0 Å². The highest BCUT2D eigenvalue weighted by Crippen LogP contribution is 2.33. The monoisotopic (exact) mass is 457 g/mol. The van der Waals surface area contributed by atoms with Crippen LogP contribution in [0.4, 0.5) is 0 Å². The number of aromatic nitrogens is 3. The molecule has 35 heavy (non-hydrogen) atoms. The lowest BCUT2D eigenvalue weighted by Gasteiger charge is -2.08. The van der Waals surface area contributed by atoms with Crippen molar-refractivity contribution in [2.24, 2.45) is 7.05 Å². The van der Waals surface area contributed by atoms with Crippen molar-refractivity contribution in [1.29, 1.82) is 0 Å². The third-order valence-corrected chi connectivity index (χ3v) is 6.83. The molecular weight excluding hydrogens is 434 g/mol. The number of rotatable bonds is 3. The van der Waals surface area contributed by atoms with Gasteiger partial charge in [0.2, 0.25) is 0 Å². The van der Waals surface area contributed by atoms with E-state index < -0.39 is 0 Å². The van der Waals surface area contributed by atoms with Crippen LogP contribution in [0.1, 0.15) is 37.5 Å². The molecule has 2 aromatic heterocycles. The summed E-state index contributed by atoms with van der Waals surface area (Å²) >= 11 is 0. The van der Waals surface area contributed by atoms with E-state index in [-0.39, 0.29) is 17.1 Å². The highest BCUT2D eigenvalue weighted by molar-refractivity contribution is 6.41. The number of carbonyl (C=O) groups excluding carboxylic acids is 2. The van der Waals surface area contributed by atoms with Crippen molar-refractivity contribution in [1.82, 2.24) is 14.1 Å². The molecule has 1 aliphatic carbocycles. The summed E-state index contributed by atoms with van der Waals surface area (Å²) in [6.07, 6.45) is 1.71. The van der Waals surface area contributed by atoms with Gasteiger partial charge < -0.3 is 4.57 Å². The average Bonchev–Trinajstić information content (AvgIpc) is 3.46. The Bertz CT molecular complexity index is 1640. The fraction of sp³-hybridized carbons (Fsp3) is 0.100. The minimum atomic E-state index is -0.226. The number of allylic oxidation sites excluding steroid dienone is 1. The lowest BCUT2D eigenvalue weighted by molar-refractivity contribution is 0.0990. The van der Waals surface area contributed by atoms with Gasteiger partial charge in [-0.1, -0.05) is 48.5 Å². The molecule has 0 fully saturated rings. The van der Waals surface area contributed by atoms with Crippen LogP contribution in [0.25, 0.3) is 34.3 Å². The second-order valence-electron chi connectivity index (χ2n) is 9.01. The Balaban J connectivity index is 1.57. The van der Waals surface area contributed by atoms with Gasteiger partial charge in [0, 0.05) is 29.4 Å². The van der Waals surface area contributed by atoms with Gasteiger partial charge in [-0.3, -0.25) is 14.2 Å². The maximum absolute atomic E-state index is 13.3. The highest BCUT2D eigenvalue weighted by atomic mass is 16.2. The smallest absolute Gasteiger partial charge is 0.197 e. The third-order valence-electron chi connectivity index (χ3n) is 6.83. The van der Waals surface area contributed by atoms with E-state index in [0.29, 0.717) is 11.1 Å². The third kappa shape index (κ3) is 3.20. The van der Waals surface area contributed by atoms with E-state index in [1.807, 2.05) is 109 Å². The van der Waals surface area contributed by atoms with Crippen molar-refractivity contribution in [2.45, 2.75) is 13.8 Å². The fourth-order valence-electron chi connectivity index (χ4n) is 4.81. The van der Waals surface area contributed by atoms with Crippen molar-refractivity contribution >= 4 is 28.8 Å². The first-order valence-corrected chi connectivity index (χ1v) is 11.6. The molecular formula is C30H23N3O2. The van der Waals surface area contributed by atoms with Gasteiger partial charge in [0.25, 0.3) is 0 Å². The Hall–Kier alpha value is -4.51. The summed E-state index contributed by atoms with van der Waals surface area (Å²) in [6, 6.07) is 25.6. The number of Topliss-reactive ketones (excluding diaryl/α,β-unsaturated/α-hetero) is 2. The van der Waals surface area contributed by atoms with E-state index in [0.717, 1.165) is 45.1 Å². The number of nitrogens with zero attached hydrogens (tertiary/aromatic N) is 3. The topological polar surface area (TPSA) is 56.9 Å². The molecule has 5 heteroatoms. The van der Waals surface area contributed by atoms with Crippen LogP contribution < -0.4 is 0 Å². The SMILES string of the molecule is Cc1cc2c(cc1C)C(=O)C(=Cc1cc3c(nc(-c4ccccc4)n3C)n1-c1ccccc1)C2=O. The molecule has 0 spiro atoms. The molecule has 0 unspecified atom stereocenters. The number of carbonyl (C=O) groups is 2. The Kier molecular flexibility index (Phi) is 4.68. The first-order chi connectivity index (χ1) is 16.9. The van der Waals surface area contributed by atoms with Crippen molar-refractivity contribution in [3.63, 3.8) is 0 Å². The van der Waals surface area contributed by atoms with E-state index in [2.05, 4.69) is 0 Å².